The maximum absolute atomic E-state index is 13.5. The molecule has 4 fully saturated rings. The molecule has 2 saturated carbocycles. The van der Waals surface area contributed by atoms with Crippen LogP contribution in [-0.2, 0) is 14.4 Å². The van der Waals surface area contributed by atoms with E-state index in [0.29, 0.717) is 30.9 Å². The number of ether oxygens (including phenoxy) is 1. The number of alkyl halides is 3. The third kappa shape index (κ3) is 5.41. The molecule has 10 nitrogen and oxygen atoms in total. The summed E-state index contributed by atoms with van der Waals surface area (Å²) in [6.45, 7) is 6.40. The van der Waals surface area contributed by atoms with Gasteiger partial charge in [-0.05, 0) is 32.0 Å². The van der Waals surface area contributed by atoms with Crippen LogP contribution in [0.5, 0.6) is 5.75 Å². The normalized spacial score (nSPS) is 30.8. The smallest absolute Gasteiger partial charge is 0.405 e. The van der Waals surface area contributed by atoms with Crippen molar-refractivity contribution in [2.24, 2.45) is 5.41 Å². The zero-order valence-electron chi connectivity index (χ0n) is 22.9. The van der Waals surface area contributed by atoms with Crippen molar-refractivity contribution >= 4 is 35.2 Å². The van der Waals surface area contributed by atoms with E-state index in [4.69, 9.17) is 4.74 Å². The number of benzene rings is 1. The number of thioether (sulfide) groups is 1. The SMILES string of the molecule is CCN1CCN(C(=O)COc2cccc(NC3CC34SC3C(N(CC)C4=O)C3(C#N)C(=O)NCC(F)(F)F)c2)CC1. The number of rotatable bonds is 9. The van der Waals surface area contributed by atoms with Gasteiger partial charge in [0.1, 0.15) is 17.0 Å². The van der Waals surface area contributed by atoms with Crippen LogP contribution in [0.15, 0.2) is 24.3 Å². The topological polar surface area (TPSA) is 118 Å². The summed E-state index contributed by atoms with van der Waals surface area (Å²) in [5.74, 6) is -0.816. The van der Waals surface area contributed by atoms with E-state index in [0.717, 1.165) is 19.6 Å². The van der Waals surface area contributed by atoms with E-state index in [1.54, 1.807) is 30.0 Å². The fourth-order valence-corrected chi connectivity index (χ4v) is 7.92. The summed E-state index contributed by atoms with van der Waals surface area (Å²) in [4.78, 5) is 44.4. The molecule has 222 valence electrons. The van der Waals surface area contributed by atoms with Crippen LogP contribution in [0.4, 0.5) is 18.9 Å². The van der Waals surface area contributed by atoms with Gasteiger partial charge >= 0.3 is 6.18 Å². The fraction of sp³-hybridized carbons (Fsp3) is 0.630. The summed E-state index contributed by atoms with van der Waals surface area (Å²) >= 11 is 1.21. The Bertz CT molecular complexity index is 1250. The molecule has 3 amide bonds. The predicted octanol–water partition coefficient (Wildman–Crippen LogP) is 1.69. The molecule has 41 heavy (non-hydrogen) atoms. The molecule has 2 aliphatic heterocycles. The van der Waals surface area contributed by atoms with Gasteiger partial charge in [-0.2, -0.15) is 18.4 Å². The van der Waals surface area contributed by atoms with Crippen LogP contribution in [0, 0.1) is 16.7 Å². The van der Waals surface area contributed by atoms with Crippen LogP contribution in [0.25, 0.3) is 0 Å². The minimum atomic E-state index is -4.61. The summed E-state index contributed by atoms with van der Waals surface area (Å²) < 4.78 is 43.0. The number of likely N-dealkylation sites (N-methyl/N-ethyl adjacent to an activating group) is 1. The molecule has 2 aliphatic carbocycles. The van der Waals surface area contributed by atoms with E-state index in [1.807, 2.05) is 17.5 Å². The number of nitrogens with one attached hydrogen (secondary N) is 2. The van der Waals surface area contributed by atoms with Gasteiger partial charge in [0.15, 0.2) is 12.0 Å². The highest BCUT2D eigenvalue weighted by atomic mass is 32.2. The number of carbonyl (C=O) groups excluding carboxylic acids is 3. The maximum atomic E-state index is 13.5. The molecule has 5 unspecified atom stereocenters. The Morgan fingerprint density at radius 1 is 1.20 bits per heavy atom. The molecule has 1 spiro atoms. The Labute approximate surface area is 240 Å². The summed E-state index contributed by atoms with van der Waals surface area (Å²) in [6, 6.07) is 7.93. The lowest BCUT2D eigenvalue weighted by Crippen LogP contribution is -2.49. The first-order valence-corrected chi connectivity index (χ1v) is 14.6. The van der Waals surface area contributed by atoms with Crippen molar-refractivity contribution in [1.82, 2.24) is 20.0 Å². The minimum Gasteiger partial charge on any atom is -0.484 e. The van der Waals surface area contributed by atoms with Gasteiger partial charge in [-0.1, -0.05) is 13.0 Å². The average molecular weight is 595 g/mol. The van der Waals surface area contributed by atoms with Gasteiger partial charge in [-0.25, -0.2) is 0 Å². The Balaban J connectivity index is 1.21. The second kappa shape index (κ2) is 10.9. The molecule has 2 saturated heterocycles. The lowest BCUT2D eigenvalue weighted by atomic mass is 10.1. The second-order valence-corrected chi connectivity index (χ2v) is 12.2. The number of hydrogen-bond acceptors (Lipinski definition) is 8. The highest BCUT2D eigenvalue weighted by Crippen LogP contribution is 2.69. The molecule has 0 aromatic heterocycles. The van der Waals surface area contributed by atoms with Gasteiger partial charge in [0.2, 0.25) is 11.8 Å². The number of nitrogens with zero attached hydrogens (tertiary/aromatic N) is 4. The Morgan fingerprint density at radius 2 is 1.93 bits per heavy atom. The van der Waals surface area contributed by atoms with E-state index in [-0.39, 0.29) is 31.0 Å². The standard InChI is InChI=1S/C27H33F3N6O4S/c1-3-34-8-10-35(11-9-34)20(37)14-40-18-7-5-6-17(12-18)33-19-13-26(19)24(39)36(4-2)21-22(41-26)25(21,15-31)23(38)32-16-27(28,29)30/h5-7,12,19,21-22,33H,3-4,8-11,13-14,16H2,1-2H3,(H,32,38). The minimum absolute atomic E-state index is 0.0802. The first-order chi connectivity index (χ1) is 19.5. The first-order valence-electron chi connectivity index (χ1n) is 13.7. The van der Waals surface area contributed by atoms with Crippen LogP contribution in [0.2, 0.25) is 0 Å². The van der Waals surface area contributed by atoms with Crippen LogP contribution in [-0.4, -0.2) is 113 Å². The number of anilines is 1. The number of nitriles is 1. The van der Waals surface area contributed by atoms with Crippen molar-refractivity contribution in [1.29, 1.82) is 5.26 Å². The van der Waals surface area contributed by atoms with Crippen LogP contribution < -0.4 is 15.4 Å². The molecule has 2 N–H and O–H groups in total. The van der Waals surface area contributed by atoms with Gasteiger partial charge < -0.3 is 30.1 Å². The summed E-state index contributed by atoms with van der Waals surface area (Å²) in [7, 11) is 0. The third-order valence-electron chi connectivity index (χ3n) is 8.36. The van der Waals surface area contributed by atoms with E-state index in [2.05, 4.69) is 17.1 Å². The summed E-state index contributed by atoms with van der Waals surface area (Å²) in [5, 5.41) is 14.5. The predicted molar refractivity (Wildman–Crippen MR) is 145 cm³/mol. The zero-order valence-corrected chi connectivity index (χ0v) is 23.7. The van der Waals surface area contributed by atoms with E-state index in [1.165, 1.54) is 16.7 Å². The Kier molecular flexibility index (Phi) is 7.80. The van der Waals surface area contributed by atoms with Gasteiger partial charge in [-0.15, -0.1) is 11.8 Å². The molecule has 5 rings (SSSR count). The number of hydrogen-bond donors (Lipinski definition) is 2. The largest absolute Gasteiger partial charge is 0.484 e. The number of fused-ring (bicyclic) bond motifs is 1. The van der Waals surface area contributed by atoms with E-state index in [9.17, 15) is 32.8 Å². The van der Waals surface area contributed by atoms with Crippen LogP contribution >= 0.6 is 11.8 Å². The van der Waals surface area contributed by atoms with Crippen molar-refractivity contribution in [3.05, 3.63) is 24.3 Å². The Hall–Kier alpha value is -3.18. The van der Waals surface area contributed by atoms with Crippen molar-refractivity contribution < 1.29 is 32.3 Å². The molecule has 4 aliphatic rings. The van der Waals surface area contributed by atoms with Crippen molar-refractivity contribution in [3.8, 4) is 11.8 Å². The molecular weight excluding hydrogens is 561 g/mol. The summed E-state index contributed by atoms with van der Waals surface area (Å²) in [6.07, 6.45) is -4.17. The number of carbonyl (C=O) groups is 3. The van der Waals surface area contributed by atoms with E-state index < -0.39 is 40.1 Å². The van der Waals surface area contributed by atoms with Gasteiger partial charge in [0.05, 0.1) is 23.4 Å². The van der Waals surface area contributed by atoms with E-state index >= 15 is 0 Å². The second-order valence-electron chi connectivity index (χ2n) is 10.8. The molecule has 1 aromatic rings. The highest BCUT2D eigenvalue weighted by Gasteiger charge is 2.82. The molecule has 14 heteroatoms. The Morgan fingerprint density at radius 3 is 2.56 bits per heavy atom. The van der Waals surface area contributed by atoms with Gasteiger partial charge in [-0.3, -0.25) is 14.4 Å². The quantitative estimate of drug-likeness (QED) is 0.444. The highest BCUT2D eigenvalue weighted by molar-refractivity contribution is 8.03. The number of amides is 3. The summed E-state index contributed by atoms with van der Waals surface area (Å²) in [5.41, 5.74) is -1.04. The van der Waals surface area contributed by atoms with Crippen molar-refractivity contribution in [3.63, 3.8) is 0 Å². The third-order valence-corrected chi connectivity index (χ3v) is 10.3. The fourth-order valence-electron chi connectivity index (χ4n) is 5.87. The monoisotopic (exact) mass is 594 g/mol. The average Bonchev–Trinajstić information content (AvgIpc) is 3.84. The molecule has 5 atom stereocenters. The molecule has 2 heterocycles. The lowest BCUT2D eigenvalue weighted by molar-refractivity contribution is -0.141. The maximum Gasteiger partial charge on any atom is 0.405 e. The molecule has 1 aromatic carbocycles. The molecule has 0 bridgehead atoms. The van der Waals surface area contributed by atoms with Crippen LogP contribution in [0.3, 0.4) is 0 Å². The number of halogens is 3. The molecule has 0 radical (unpaired) electrons. The van der Waals surface area contributed by atoms with Gasteiger partial charge in [0, 0.05) is 44.5 Å². The van der Waals surface area contributed by atoms with Crippen molar-refractivity contribution in [2.45, 2.75) is 48.5 Å². The van der Waals surface area contributed by atoms with Gasteiger partial charge in [0.25, 0.3) is 5.91 Å². The first kappa shape index (κ1) is 29.3. The van der Waals surface area contributed by atoms with Crippen LogP contribution in [0.1, 0.15) is 20.3 Å². The number of piperazine rings is 1. The zero-order chi connectivity index (χ0) is 29.6. The van der Waals surface area contributed by atoms with Crippen molar-refractivity contribution in [2.75, 3.05) is 57.7 Å². The lowest BCUT2D eigenvalue weighted by Gasteiger charge is -2.33. The molecular formula is C27H33F3N6O4S.